The average Bonchev–Trinajstić information content (AvgIpc) is 2.77. The number of phenolic OH excluding ortho intramolecular Hbond substituents is 1. The van der Waals surface area contributed by atoms with Crippen molar-refractivity contribution in [2.75, 3.05) is 13.4 Å². The molecule has 5 heteroatoms. The molecular weight excluding hydrogens is 222 g/mol. The molecule has 0 bridgehead atoms. The van der Waals surface area contributed by atoms with E-state index in [0.717, 1.165) is 12.0 Å². The summed E-state index contributed by atoms with van der Waals surface area (Å²) in [6.45, 7) is 2.76. The summed E-state index contributed by atoms with van der Waals surface area (Å²) in [5.74, 6) is 1.40. The molecule has 1 heterocycles. The molecule has 17 heavy (non-hydrogen) atoms. The van der Waals surface area contributed by atoms with Crippen molar-refractivity contribution in [3.05, 3.63) is 17.7 Å². The van der Waals surface area contributed by atoms with E-state index < -0.39 is 0 Å². The number of phenols is 1. The molecule has 1 aliphatic rings. The molecular formula is C12H17NO4. The SMILES string of the molecule is CC[C@H](CO)NCc1cc2c(cc1O)OCO2. The van der Waals surface area contributed by atoms with Crippen LogP contribution in [-0.2, 0) is 6.54 Å². The molecule has 1 atom stereocenters. The maximum absolute atomic E-state index is 9.79. The lowest BCUT2D eigenvalue weighted by Gasteiger charge is -2.14. The second kappa shape index (κ2) is 5.25. The lowest BCUT2D eigenvalue weighted by Crippen LogP contribution is -2.31. The Morgan fingerprint density at radius 2 is 2.06 bits per heavy atom. The van der Waals surface area contributed by atoms with Crippen molar-refractivity contribution in [1.29, 1.82) is 0 Å². The Hall–Kier alpha value is -1.46. The number of aromatic hydroxyl groups is 1. The van der Waals surface area contributed by atoms with Gasteiger partial charge in [0, 0.05) is 24.2 Å². The van der Waals surface area contributed by atoms with Crippen LogP contribution in [0.25, 0.3) is 0 Å². The van der Waals surface area contributed by atoms with Crippen LogP contribution in [0, 0.1) is 0 Å². The van der Waals surface area contributed by atoms with Gasteiger partial charge in [-0.15, -0.1) is 0 Å². The summed E-state index contributed by atoms with van der Waals surface area (Å²) in [6.07, 6.45) is 0.835. The number of aliphatic hydroxyl groups is 1. The molecule has 0 spiro atoms. The summed E-state index contributed by atoms with van der Waals surface area (Å²) in [7, 11) is 0. The normalized spacial score (nSPS) is 14.9. The largest absolute Gasteiger partial charge is 0.507 e. The molecule has 0 aliphatic carbocycles. The smallest absolute Gasteiger partial charge is 0.231 e. The van der Waals surface area contributed by atoms with Crippen LogP contribution in [0.4, 0.5) is 0 Å². The minimum atomic E-state index is 0.0415. The van der Waals surface area contributed by atoms with Gasteiger partial charge in [-0.3, -0.25) is 0 Å². The molecule has 2 rings (SSSR count). The summed E-state index contributed by atoms with van der Waals surface area (Å²) in [5, 5.41) is 22.0. The highest BCUT2D eigenvalue weighted by Crippen LogP contribution is 2.37. The van der Waals surface area contributed by atoms with Crippen molar-refractivity contribution in [2.24, 2.45) is 0 Å². The van der Waals surface area contributed by atoms with Gasteiger partial charge in [0.1, 0.15) is 5.75 Å². The van der Waals surface area contributed by atoms with Gasteiger partial charge >= 0.3 is 0 Å². The molecule has 0 amide bonds. The topological polar surface area (TPSA) is 71.0 Å². The summed E-state index contributed by atoms with van der Waals surface area (Å²) < 4.78 is 10.4. The van der Waals surface area contributed by atoms with Crippen molar-refractivity contribution < 1.29 is 19.7 Å². The van der Waals surface area contributed by atoms with Gasteiger partial charge in [-0.05, 0) is 12.5 Å². The van der Waals surface area contributed by atoms with Crippen LogP contribution in [0.3, 0.4) is 0 Å². The van der Waals surface area contributed by atoms with Crippen LogP contribution in [0.15, 0.2) is 12.1 Å². The Morgan fingerprint density at radius 3 is 2.71 bits per heavy atom. The molecule has 1 aliphatic heterocycles. The predicted octanol–water partition coefficient (Wildman–Crippen LogP) is 0.981. The number of ether oxygens (including phenoxy) is 2. The standard InChI is InChI=1S/C12H17NO4/c1-2-9(6-14)13-5-8-3-11-12(4-10(8)15)17-7-16-11/h3-4,9,13-15H,2,5-7H2,1H3/t9-/m1/s1. The molecule has 0 radical (unpaired) electrons. The van der Waals surface area contributed by atoms with Crippen molar-refractivity contribution in [3.63, 3.8) is 0 Å². The number of nitrogens with one attached hydrogen (secondary N) is 1. The first-order valence-corrected chi connectivity index (χ1v) is 5.70. The summed E-state index contributed by atoms with van der Waals surface area (Å²) in [4.78, 5) is 0. The van der Waals surface area contributed by atoms with Crippen molar-refractivity contribution in [1.82, 2.24) is 5.32 Å². The molecule has 94 valence electrons. The fourth-order valence-corrected chi connectivity index (χ4v) is 1.71. The summed E-state index contributed by atoms with van der Waals surface area (Å²) in [5.41, 5.74) is 0.737. The van der Waals surface area contributed by atoms with E-state index in [1.165, 1.54) is 0 Å². The van der Waals surface area contributed by atoms with E-state index in [1.807, 2.05) is 6.92 Å². The fourth-order valence-electron chi connectivity index (χ4n) is 1.71. The third-order valence-corrected chi connectivity index (χ3v) is 2.87. The number of rotatable bonds is 5. The van der Waals surface area contributed by atoms with Crippen LogP contribution in [-0.4, -0.2) is 29.7 Å². The molecule has 1 aromatic rings. The Morgan fingerprint density at radius 1 is 1.35 bits per heavy atom. The second-order valence-corrected chi connectivity index (χ2v) is 4.00. The van der Waals surface area contributed by atoms with Gasteiger partial charge in [0.15, 0.2) is 11.5 Å². The first kappa shape index (κ1) is 12.0. The molecule has 1 aromatic carbocycles. The highest BCUT2D eigenvalue weighted by molar-refractivity contribution is 5.51. The molecule has 5 nitrogen and oxygen atoms in total. The average molecular weight is 239 g/mol. The summed E-state index contributed by atoms with van der Waals surface area (Å²) in [6, 6.07) is 3.36. The number of aliphatic hydroxyl groups excluding tert-OH is 1. The second-order valence-electron chi connectivity index (χ2n) is 4.00. The van der Waals surface area contributed by atoms with Crippen LogP contribution < -0.4 is 14.8 Å². The lowest BCUT2D eigenvalue weighted by atomic mass is 10.1. The quantitative estimate of drug-likeness (QED) is 0.714. The van der Waals surface area contributed by atoms with Crippen LogP contribution >= 0.6 is 0 Å². The maximum Gasteiger partial charge on any atom is 0.231 e. The zero-order chi connectivity index (χ0) is 12.3. The molecule has 0 aromatic heterocycles. The zero-order valence-electron chi connectivity index (χ0n) is 9.77. The van der Waals surface area contributed by atoms with Gasteiger partial charge in [-0.25, -0.2) is 0 Å². The highest BCUT2D eigenvalue weighted by atomic mass is 16.7. The van der Waals surface area contributed by atoms with Gasteiger partial charge in [0.05, 0.1) is 6.61 Å². The van der Waals surface area contributed by atoms with Gasteiger partial charge < -0.3 is 25.0 Å². The van der Waals surface area contributed by atoms with E-state index in [4.69, 9.17) is 14.6 Å². The van der Waals surface area contributed by atoms with Crippen LogP contribution in [0.5, 0.6) is 17.2 Å². The Bertz CT molecular complexity index is 390. The molecule has 0 saturated heterocycles. The third kappa shape index (κ3) is 2.62. The number of hydrogen-bond acceptors (Lipinski definition) is 5. The molecule has 0 saturated carbocycles. The van der Waals surface area contributed by atoms with E-state index in [1.54, 1.807) is 12.1 Å². The third-order valence-electron chi connectivity index (χ3n) is 2.87. The van der Waals surface area contributed by atoms with E-state index >= 15 is 0 Å². The van der Waals surface area contributed by atoms with E-state index in [-0.39, 0.29) is 25.2 Å². The van der Waals surface area contributed by atoms with Crippen LogP contribution in [0.2, 0.25) is 0 Å². The number of fused-ring (bicyclic) bond motifs is 1. The van der Waals surface area contributed by atoms with Gasteiger partial charge in [0.2, 0.25) is 6.79 Å². The van der Waals surface area contributed by atoms with Gasteiger partial charge in [-0.2, -0.15) is 0 Å². The zero-order valence-corrected chi connectivity index (χ0v) is 9.77. The van der Waals surface area contributed by atoms with Crippen molar-refractivity contribution in [2.45, 2.75) is 25.9 Å². The number of benzene rings is 1. The minimum Gasteiger partial charge on any atom is -0.507 e. The monoisotopic (exact) mass is 239 g/mol. The van der Waals surface area contributed by atoms with E-state index in [0.29, 0.717) is 18.0 Å². The van der Waals surface area contributed by atoms with E-state index in [9.17, 15) is 5.11 Å². The Balaban J connectivity index is 2.06. The number of hydrogen-bond donors (Lipinski definition) is 3. The fraction of sp³-hybridized carbons (Fsp3) is 0.500. The van der Waals surface area contributed by atoms with Crippen LogP contribution in [0.1, 0.15) is 18.9 Å². The first-order chi connectivity index (χ1) is 8.24. The molecule has 0 unspecified atom stereocenters. The Kier molecular flexibility index (Phi) is 3.71. The van der Waals surface area contributed by atoms with Crippen molar-refractivity contribution >= 4 is 0 Å². The Labute approximate surface area is 100.0 Å². The highest BCUT2D eigenvalue weighted by Gasteiger charge is 2.17. The predicted molar refractivity (Wildman–Crippen MR) is 62.2 cm³/mol. The van der Waals surface area contributed by atoms with E-state index in [2.05, 4.69) is 5.32 Å². The maximum atomic E-state index is 9.79. The van der Waals surface area contributed by atoms with Gasteiger partial charge in [-0.1, -0.05) is 6.92 Å². The first-order valence-electron chi connectivity index (χ1n) is 5.70. The van der Waals surface area contributed by atoms with Gasteiger partial charge in [0.25, 0.3) is 0 Å². The molecule has 0 fully saturated rings. The minimum absolute atomic E-state index is 0.0415. The summed E-state index contributed by atoms with van der Waals surface area (Å²) >= 11 is 0. The van der Waals surface area contributed by atoms with Crippen molar-refractivity contribution in [3.8, 4) is 17.2 Å². The molecule has 3 N–H and O–H groups in total. The lowest BCUT2D eigenvalue weighted by molar-refractivity contribution is 0.174.